The minimum atomic E-state index is 0.359. The van der Waals surface area contributed by atoms with Gasteiger partial charge in [0.15, 0.2) is 0 Å². The molecule has 0 radical (unpaired) electrons. The summed E-state index contributed by atoms with van der Waals surface area (Å²) in [6.45, 7) is 6.39. The highest BCUT2D eigenvalue weighted by atomic mass is 15.2. The Kier molecular flexibility index (Phi) is 3.50. The van der Waals surface area contributed by atoms with Crippen molar-refractivity contribution in [2.45, 2.75) is 13.0 Å². The molecule has 0 saturated carbocycles. The minimum Gasteiger partial charge on any atom is -0.314 e. The summed E-state index contributed by atoms with van der Waals surface area (Å²) >= 11 is 0. The molecule has 2 rings (SSSR count). The molecule has 0 spiro atoms. The lowest BCUT2D eigenvalue weighted by atomic mass is 10.1. The van der Waals surface area contributed by atoms with Crippen LogP contribution in [-0.4, -0.2) is 36.1 Å². The quantitative estimate of drug-likeness (QED) is 0.798. The molecule has 0 amide bonds. The zero-order valence-electron chi connectivity index (χ0n) is 9.48. The van der Waals surface area contributed by atoms with Crippen molar-refractivity contribution in [2.24, 2.45) is 0 Å². The number of aromatic nitrogens is 1. The summed E-state index contributed by atoms with van der Waals surface area (Å²) in [6.07, 6.45) is 1.71. The number of nitriles is 1. The topological polar surface area (TPSA) is 52.0 Å². The number of rotatable bonds is 2. The van der Waals surface area contributed by atoms with Crippen LogP contribution in [0.2, 0.25) is 0 Å². The molecule has 1 N–H and O–H groups in total. The van der Waals surface area contributed by atoms with E-state index in [2.05, 4.69) is 28.2 Å². The SMILES string of the molecule is CC(c1ccnc(C#N)c1)N1CCNCC1. The van der Waals surface area contributed by atoms with E-state index in [-0.39, 0.29) is 0 Å². The standard InChI is InChI=1S/C12H16N4/c1-10(16-6-4-14-5-7-16)11-2-3-15-12(8-11)9-13/h2-3,8,10,14H,4-7H2,1H3. The third-order valence-corrected chi connectivity index (χ3v) is 3.08. The van der Waals surface area contributed by atoms with Crippen molar-refractivity contribution in [3.05, 3.63) is 29.6 Å². The van der Waals surface area contributed by atoms with Crippen molar-refractivity contribution in [2.75, 3.05) is 26.2 Å². The van der Waals surface area contributed by atoms with Crippen molar-refractivity contribution in [1.29, 1.82) is 5.26 Å². The fraction of sp³-hybridized carbons (Fsp3) is 0.500. The van der Waals surface area contributed by atoms with Crippen LogP contribution in [0.4, 0.5) is 0 Å². The Morgan fingerprint density at radius 1 is 1.50 bits per heavy atom. The van der Waals surface area contributed by atoms with Gasteiger partial charge in [-0.1, -0.05) is 0 Å². The van der Waals surface area contributed by atoms with E-state index >= 15 is 0 Å². The van der Waals surface area contributed by atoms with Crippen LogP contribution in [-0.2, 0) is 0 Å². The summed E-state index contributed by atoms with van der Waals surface area (Å²) in [5, 5.41) is 12.2. The first kappa shape index (κ1) is 11.1. The zero-order chi connectivity index (χ0) is 11.4. The third-order valence-electron chi connectivity index (χ3n) is 3.08. The van der Waals surface area contributed by atoms with E-state index in [1.807, 2.05) is 12.1 Å². The Balaban J connectivity index is 2.13. The Morgan fingerprint density at radius 3 is 2.94 bits per heavy atom. The number of nitrogens with one attached hydrogen (secondary N) is 1. The average Bonchev–Trinajstić information content (AvgIpc) is 2.39. The molecule has 0 bridgehead atoms. The zero-order valence-corrected chi connectivity index (χ0v) is 9.48. The van der Waals surface area contributed by atoms with Gasteiger partial charge in [0.05, 0.1) is 0 Å². The molecule has 1 atom stereocenters. The largest absolute Gasteiger partial charge is 0.314 e. The highest BCUT2D eigenvalue weighted by molar-refractivity contribution is 5.27. The van der Waals surface area contributed by atoms with Gasteiger partial charge >= 0.3 is 0 Å². The molecule has 4 nitrogen and oxygen atoms in total. The summed E-state index contributed by atoms with van der Waals surface area (Å²) in [5.74, 6) is 0. The predicted octanol–water partition coefficient (Wildman–Crippen LogP) is 0.919. The highest BCUT2D eigenvalue weighted by Crippen LogP contribution is 2.20. The second-order valence-electron chi connectivity index (χ2n) is 4.05. The second-order valence-corrected chi connectivity index (χ2v) is 4.05. The van der Waals surface area contributed by atoms with Gasteiger partial charge in [-0.05, 0) is 24.6 Å². The van der Waals surface area contributed by atoms with Gasteiger partial charge in [-0.15, -0.1) is 0 Å². The first-order valence-corrected chi connectivity index (χ1v) is 5.62. The van der Waals surface area contributed by atoms with Crippen molar-refractivity contribution in [3.63, 3.8) is 0 Å². The smallest absolute Gasteiger partial charge is 0.140 e. The summed E-state index contributed by atoms with van der Waals surface area (Å²) < 4.78 is 0. The van der Waals surface area contributed by atoms with Crippen molar-refractivity contribution in [1.82, 2.24) is 15.2 Å². The van der Waals surface area contributed by atoms with Gasteiger partial charge in [-0.3, -0.25) is 4.90 Å². The molecular formula is C12H16N4. The molecule has 0 aliphatic carbocycles. The number of piperazine rings is 1. The van der Waals surface area contributed by atoms with Gasteiger partial charge in [0.25, 0.3) is 0 Å². The van der Waals surface area contributed by atoms with E-state index in [1.54, 1.807) is 6.20 Å². The summed E-state index contributed by atoms with van der Waals surface area (Å²) in [6, 6.07) is 6.32. The first-order valence-electron chi connectivity index (χ1n) is 5.62. The molecule has 1 aliphatic heterocycles. The normalized spacial score (nSPS) is 19.0. The molecule has 1 saturated heterocycles. The lowest BCUT2D eigenvalue weighted by Crippen LogP contribution is -2.44. The fourth-order valence-corrected chi connectivity index (χ4v) is 2.05. The highest BCUT2D eigenvalue weighted by Gasteiger charge is 2.17. The summed E-state index contributed by atoms with van der Waals surface area (Å²) in [7, 11) is 0. The van der Waals surface area contributed by atoms with Crippen molar-refractivity contribution >= 4 is 0 Å². The van der Waals surface area contributed by atoms with Gasteiger partial charge in [-0.25, -0.2) is 4.98 Å². The molecule has 1 fully saturated rings. The Morgan fingerprint density at radius 2 is 2.25 bits per heavy atom. The molecule has 2 heterocycles. The molecule has 4 heteroatoms. The number of pyridine rings is 1. The van der Waals surface area contributed by atoms with E-state index in [0.29, 0.717) is 11.7 Å². The number of hydrogen-bond donors (Lipinski definition) is 1. The van der Waals surface area contributed by atoms with Crippen LogP contribution in [0.5, 0.6) is 0 Å². The maximum Gasteiger partial charge on any atom is 0.140 e. The second kappa shape index (κ2) is 5.06. The van der Waals surface area contributed by atoms with Gasteiger partial charge < -0.3 is 5.32 Å². The summed E-state index contributed by atoms with van der Waals surface area (Å²) in [5.41, 5.74) is 1.67. The molecule has 16 heavy (non-hydrogen) atoms. The van der Waals surface area contributed by atoms with Crippen LogP contribution in [0.25, 0.3) is 0 Å². The first-order chi connectivity index (χ1) is 7.81. The molecule has 84 valence electrons. The molecule has 0 aromatic carbocycles. The van der Waals surface area contributed by atoms with Gasteiger partial charge in [0.2, 0.25) is 0 Å². The van der Waals surface area contributed by atoms with Crippen LogP contribution in [0.3, 0.4) is 0 Å². The van der Waals surface area contributed by atoms with Gasteiger partial charge in [0.1, 0.15) is 11.8 Å². The van der Waals surface area contributed by atoms with Crippen molar-refractivity contribution < 1.29 is 0 Å². The lowest BCUT2D eigenvalue weighted by Gasteiger charge is -2.33. The third kappa shape index (κ3) is 2.38. The van der Waals surface area contributed by atoms with Crippen LogP contribution < -0.4 is 5.32 Å². The Bertz CT molecular complexity index is 390. The fourth-order valence-electron chi connectivity index (χ4n) is 2.05. The maximum absolute atomic E-state index is 8.82. The van der Waals surface area contributed by atoms with E-state index in [1.165, 1.54) is 5.56 Å². The van der Waals surface area contributed by atoms with Gasteiger partial charge in [0, 0.05) is 38.4 Å². The van der Waals surface area contributed by atoms with Crippen LogP contribution in [0.15, 0.2) is 18.3 Å². The van der Waals surface area contributed by atoms with E-state index in [9.17, 15) is 0 Å². The van der Waals surface area contributed by atoms with Crippen LogP contribution in [0, 0.1) is 11.3 Å². The predicted molar refractivity (Wildman–Crippen MR) is 61.8 cm³/mol. The minimum absolute atomic E-state index is 0.359. The lowest BCUT2D eigenvalue weighted by molar-refractivity contribution is 0.185. The number of hydrogen-bond acceptors (Lipinski definition) is 4. The molecule has 1 unspecified atom stereocenters. The molecule has 1 aromatic heterocycles. The van der Waals surface area contributed by atoms with E-state index < -0.39 is 0 Å². The van der Waals surface area contributed by atoms with Crippen LogP contribution >= 0.6 is 0 Å². The average molecular weight is 216 g/mol. The Labute approximate surface area is 95.9 Å². The molecule has 1 aromatic rings. The van der Waals surface area contributed by atoms with E-state index in [0.717, 1.165) is 26.2 Å². The van der Waals surface area contributed by atoms with Gasteiger partial charge in [-0.2, -0.15) is 5.26 Å². The summed E-state index contributed by atoms with van der Waals surface area (Å²) in [4.78, 5) is 6.42. The van der Waals surface area contributed by atoms with E-state index in [4.69, 9.17) is 5.26 Å². The maximum atomic E-state index is 8.82. The monoisotopic (exact) mass is 216 g/mol. The number of nitrogens with zero attached hydrogens (tertiary/aromatic N) is 3. The molecular weight excluding hydrogens is 200 g/mol. The molecule has 1 aliphatic rings. The van der Waals surface area contributed by atoms with Crippen molar-refractivity contribution in [3.8, 4) is 6.07 Å². The Hall–Kier alpha value is -1.44. The van der Waals surface area contributed by atoms with Crippen LogP contribution in [0.1, 0.15) is 24.2 Å².